The van der Waals surface area contributed by atoms with Gasteiger partial charge < -0.3 is 14.2 Å². The van der Waals surface area contributed by atoms with Gasteiger partial charge in [-0.3, -0.25) is 9.59 Å². The lowest BCUT2D eigenvalue weighted by atomic mass is 9.35. The van der Waals surface area contributed by atoms with Crippen molar-refractivity contribution in [1.82, 2.24) is 0 Å². The van der Waals surface area contributed by atoms with Crippen LogP contribution >= 0.6 is 0 Å². The zero-order valence-electron chi connectivity index (χ0n) is 22.3. The molecule has 4 fully saturated rings. The first-order valence-corrected chi connectivity index (χ1v) is 13.6. The third-order valence-corrected chi connectivity index (χ3v) is 11.5. The van der Waals surface area contributed by atoms with E-state index in [1.807, 2.05) is 0 Å². The van der Waals surface area contributed by atoms with Crippen molar-refractivity contribution in [3.63, 3.8) is 0 Å². The molecule has 1 saturated heterocycles. The molecular weight excluding hydrogens is 444 g/mol. The first kappa shape index (κ1) is 24.8. The Kier molecular flexibility index (Phi) is 5.73. The molecule has 3 saturated carbocycles. The van der Waals surface area contributed by atoms with Crippen LogP contribution in [-0.4, -0.2) is 30.8 Å². The van der Waals surface area contributed by atoms with Crippen LogP contribution in [0.2, 0.25) is 0 Å². The molecule has 0 amide bonds. The molecule has 0 radical (unpaired) electrons. The molecule has 194 valence electrons. The Labute approximate surface area is 209 Å². The lowest BCUT2D eigenvalue weighted by Gasteiger charge is -2.69. The summed E-state index contributed by atoms with van der Waals surface area (Å²) < 4.78 is 16.7. The second kappa shape index (κ2) is 8.08. The molecule has 9 atom stereocenters. The van der Waals surface area contributed by atoms with Gasteiger partial charge in [-0.05, 0) is 78.9 Å². The van der Waals surface area contributed by atoms with E-state index >= 15 is 0 Å². The molecule has 5 rings (SSSR count). The number of carbonyl (C=O) groups excluding carboxylic acids is 3. The fraction of sp³-hybridized carbons (Fsp3) is 0.828. The van der Waals surface area contributed by atoms with Gasteiger partial charge >= 0.3 is 17.9 Å². The van der Waals surface area contributed by atoms with Crippen LogP contribution in [0.4, 0.5) is 0 Å². The lowest BCUT2D eigenvalue weighted by Crippen LogP contribution is -2.63. The summed E-state index contributed by atoms with van der Waals surface area (Å²) in [6.07, 6.45) is 10.0. The minimum Gasteiger partial charge on any atom is -0.465 e. The first-order chi connectivity index (χ1) is 16.3. The second-order valence-electron chi connectivity index (χ2n) is 13.3. The van der Waals surface area contributed by atoms with Crippen molar-refractivity contribution >= 4 is 17.9 Å². The van der Waals surface area contributed by atoms with Crippen LogP contribution in [0.1, 0.15) is 92.9 Å². The summed E-state index contributed by atoms with van der Waals surface area (Å²) in [5.41, 5.74) is 0.908. The smallest absolute Gasteiger partial charge is 0.337 e. The third kappa shape index (κ3) is 3.52. The normalized spacial score (nSPS) is 48.3. The highest BCUT2D eigenvalue weighted by molar-refractivity contribution is 5.92. The van der Waals surface area contributed by atoms with Gasteiger partial charge in [0.1, 0.15) is 0 Å². The molecule has 4 aliphatic carbocycles. The number of cyclic esters (lactones) is 1. The van der Waals surface area contributed by atoms with E-state index in [4.69, 9.17) is 14.2 Å². The summed E-state index contributed by atoms with van der Waals surface area (Å²) in [5.74, 6) is 0.396. The molecule has 0 bridgehead atoms. The van der Waals surface area contributed by atoms with E-state index in [2.05, 4.69) is 33.8 Å². The summed E-state index contributed by atoms with van der Waals surface area (Å²) in [6.45, 7) is 13.1. The van der Waals surface area contributed by atoms with Crippen molar-refractivity contribution < 1.29 is 28.6 Å². The van der Waals surface area contributed by atoms with Gasteiger partial charge in [0.15, 0.2) is 0 Å². The van der Waals surface area contributed by atoms with E-state index < -0.39 is 12.3 Å². The van der Waals surface area contributed by atoms with Gasteiger partial charge in [-0.25, -0.2) is 4.79 Å². The Balaban J connectivity index is 1.48. The SMILES string of the molecule is CC(=O)OC[C@]1(C)CCC[C@]2(C)[C@H]3CC[C@@]4(C)[C@@H](CC=C5C(=O)O[C@@H](OC(C)=O)[C@@H]54)[C@]3(C)CC[C@@H]12. The monoisotopic (exact) mass is 486 g/mol. The summed E-state index contributed by atoms with van der Waals surface area (Å²) >= 11 is 0. The average Bonchev–Trinajstić information content (AvgIpc) is 3.07. The van der Waals surface area contributed by atoms with Crippen LogP contribution in [0.5, 0.6) is 0 Å². The fourth-order valence-corrected chi connectivity index (χ4v) is 10.2. The fourth-order valence-electron chi connectivity index (χ4n) is 10.2. The maximum Gasteiger partial charge on any atom is 0.337 e. The third-order valence-electron chi connectivity index (χ3n) is 11.5. The van der Waals surface area contributed by atoms with Gasteiger partial charge in [-0.1, -0.05) is 40.2 Å². The van der Waals surface area contributed by atoms with Crippen LogP contribution in [0.15, 0.2) is 11.6 Å². The van der Waals surface area contributed by atoms with E-state index in [0.29, 0.717) is 29.9 Å². The molecule has 0 spiro atoms. The van der Waals surface area contributed by atoms with E-state index in [1.54, 1.807) is 0 Å². The van der Waals surface area contributed by atoms with Crippen molar-refractivity contribution in [2.75, 3.05) is 6.61 Å². The molecule has 0 aromatic heterocycles. The first-order valence-electron chi connectivity index (χ1n) is 13.6. The number of fused-ring (bicyclic) bond motifs is 7. The Morgan fingerprint density at radius 1 is 0.914 bits per heavy atom. The minimum atomic E-state index is -0.812. The molecule has 35 heavy (non-hydrogen) atoms. The molecule has 6 nitrogen and oxygen atoms in total. The van der Waals surface area contributed by atoms with E-state index in [0.717, 1.165) is 38.5 Å². The average molecular weight is 487 g/mol. The number of allylic oxidation sites excluding steroid dienone is 1. The molecule has 1 aliphatic heterocycles. The number of hydrogen-bond acceptors (Lipinski definition) is 6. The van der Waals surface area contributed by atoms with E-state index in [-0.39, 0.29) is 39.5 Å². The topological polar surface area (TPSA) is 78.9 Å². The van der Waals surface area contributed by atoms with E-state index in [1.165, 1.54) is 26.7 Å². The van der Waals surface area contributed by atoms with Crippen molar-refractivity contribution in [1.29, 1.82) is 0 Å². The molecule has 6 heteroatoms. The predicted molar refractivity (Wildman–Crippen MR) is 130 cm³/mol. The predicted octanol–water partition coefficient (Wildman–Crippen LogP) is 5.59. The van der Waals surface area contributed by atoms with Crippen molar-refractivity contribution in [2.45, 2.75) is 99.2 Å². The van der Waals surface area contributed by atoms with Crippen molar-refractivity contribution in [2.24, 2.45) is 45.3 Å². The maximum atomic E-state index is 12.7. The van der Waals surface area contributed by atoms with Gasteiger partial charge in [-0.15, -0.1) is 0 Å². The zero-order valence-corrected chi connectivity index (χ0v) is 22.3. The molecule has 0 aromatic carbocycles. The molecule has 0 unspecified atom stereocenters. The highest BCUT2D eigenvalue weighted by Gasteiger charge is 2.68. The van der Waals surface area contributed by atoms with Crippen LogP contribution in [0.3, 0.4) is 0 Å². The standard InChI is InChI=1S/C29H42O6/c1-17(30)33-16-26(3)12-7-13-27(4)20(26)10-14-28(5)21-9-8-19-23(29(21,6)15-11-22(27)28)25(34-18(2)31)35-24(19)32/h8,20-23,25H,7,9-16H2,1-6H3/t20-,21-,22+,23+,25+,26-,27-,28-,29-/m0/s1. The number of carbonyl (C=O) groups is 3. The number of ether oxygens (including phenoxy) is 3. The highest BCUT2D eigenvalue weighted by atomic mass is 16.7. The highest BCUT2D eigenvalue weighted by Crippen LogP contribution is 2.73. The Bertz CT molecular complexity index is 970. The lowest BCUT2D eigenvalue weighted by molar-refractivity contribution is -0.224. The maximum absolute atomic E-state index is 12.7. The van der Waals surface area contributed by atoms with Gasteiger partial charge in [0.05, 0.1) is 12.5 Å². The molecule has 5 aliphatic rings. The summed E-state index contributed by atoms with van der Waals surface area (Å²) in [7, 11) is 0. The Morgan fingerprint density at radius 2 is 1.57 bits per heavy atom. The largest absolute Gasteiger partial charge is 0.465 e. The number of rotatable bonds is 3. The molecule has 0 N–H and O–H groups in total. The summed E-state index contributed by atoms with van der Waals surface area (Å²) in [4.78, 5) is 36.2. The Hall–Kier alpha value is -1.85. The number of esters is 3. The van der Waals surface area contributed by atoms with Crippen LogP contribution in [0.25, 0.3) is 0 Å². The van der Waals surface area contributed by atoms with Crippen molar-refractivity contribution in [3.05, 3.63) is 11.6 Å². The quantitative estimate of drug-likeness (QED) is 0.484. The van der Waals surface area contributed by atoms with E-state index in [9.17, 15) is 14.4 Å². The minimum absolute atomic E-state index is 0.0204. The summed E-state index contributed by atoms with van der Waals surface area (Å²) in [5, 5.41) is 0. The number of hydrogen-bond donors (Lipinski definition) is 0. The Morgan fingerprint density at radius 3 is 2.26 bits per heavy atom. The molecule has 1 heterocycles. The van der Waals surface area contributed by atoms with Crippen molar-refractivity contribution in [3.8, 4) is 0 Å². The van der Waals surface area contributed by atoms with Crippen LogP contribution in [-0.2, 0) is 28.6 Å². The van der Waals surface area contributed by atoms with Gasteiger partial charge in [-0.2, -0.15) is 0 Å². The second-order valence-corrected chi connectivity index (χ2v) is 13.3. The molecular formula is C29H42O6. The van der Waals surface area contributed by atoms with Gasteiger partial charge in [0, 0.05) is 24.8 Å². The summed E-state index contributed by atoms with van der Waals surface area (Å²) in [6, 6.07) is 0. The van der Waals surface area contributed by atoms with Gasteiger partial charge in [0.25, 0.3) is 6.29 Å². The van der Waals surface area contributed by atoms with Crippen LogP contribution in [0, 0.1) is 45.3 Å². The zero-order chi connectivity index (χ0) is 25.4. The van der Waals surface area contributed by atoms with Gasteiger partial charge in [0.2, 0.25) is 0 Å². The molecule has 0 aromatic rings. The van der Waals surface area contributed by atoms with Crippen LogP contribution < -0.4 is 0 Å².